The number of rotatable bonds is 8. The average molecular weight is 396 g/mol. The quantitative estimate of drug-likeness (QED) is 0.191. The van der Waals surface area contributed by atoms with E-state index < -0.39 is 0 Å². The van der Waals surface area contributed by atoms with E-state index in [2.05, 4.69) is 6.07 Å². The smallest absolute Gasteiger partial charge is 0.154 e. The van der Waals surface area contributed by atoms with Gasteiger partial charge in [-0.25, -0.2) is 4.99 Å². The molecule has 0 aliphatic heterocycles. The van der Waals surface area contributed by atoms with E-state index in [1.54, 1.807) is 26.0 Å². The third kappa shape index (κ3) is 5.04. The van der Waals surface area contributed by atoms with E-state index in [9.17, 15) is 4.79 Å². The first-order valence-electron chi connectivity index (χ1n) is 9.30. The molecule has 1 saturated carbocycles. The molecule has 0 amide bonds. The first-order chi connectivity index (χ1) is 13.7. The number of methoxy groups -OCH3 is 2. The van der Waals surface area contributed by atoms with Gasteiger partial charge in [0.05, 0.1) is 30.5 Å². The predicted molar refractivity (Wildman–Crippen MR) is 116 cm³/mol. The fraction of sp³-hybridized carbons (Fsp3) is 0.304. The van der Waals surface area contributed by atoms with Gasteiger partial charge in [-0.2, -0.15) is 0 Å². The summed E-state index contributed by atoms with van der Waals surface area (Å²) in [6.45, 7) is 1.81. The Balaban J connectivity index is 1.81. The lowest BCUT2D eigenvalue weighted by Gasteiger charge is -2.12. The molecule has 1 fully saturated rings. The van der Waals surface area contributed by atoms with Crippen LogP contribution < -0.4 is 4.74 Å². The molecule has 28 heavy (non-hydrogen) atoms. The van der Waals surface area contributed by atoms with Crippen molar-refractivity contribution < 1.29 is 14.3 Å². The van der Waals surface area contributed by atoms with Gasteiger partial charge in [-0.3, -0.25) is 4.79 Å². The molecule has 0 spiro atoms. The summed E-state index contributed by atoms with van der Waals surface area (Å²) in [6.07, 6.45) is 3.24. The second kappa shape index (κ2) is 9.60. The summed E-state index contributed by atoms with van der Waals surface area (Å²) in [7, 11) is 3.25. The maximum absolute atomic E-state index is 11.6. The fourth-order valence-corrected chi connectivity index (χ4v) is 4.06. The van der Waals surface area contributed by atoms with Crippen LogP contribution in [-0.2, 0) is 15.3 Å². The largest absolute Gasteiger partial charge is 0.501 e. The molecule has 146 valence electrons. The van der Waals surface area contributed by atoms with E-state index >= 15 is 0 Å². The zero-order chi connectivity index (χ0) is 19.9. The van der Waals surface area contributed by atoms with Crippen molar-refractivity contribution in [2.24, 2.45) is 10.9 Å². The van der Waals surface area contributed by atoms with Crippen LogP contribution in [0.3, 0.4) is 0 Å². The molecule has 4 nitrogen and oxygen atoms in total. The van der Waals surface area contributed by atoms with Gasteiger partial charge < -0.3 is 9.47 Å². The topological polar surface area (TPSA) is 47.9 Å². The van der Waals surface area contributed by atoms with Gasteiger partial charge in [0.2, 0.25) is 0 Å². The predicted octanol–water partition coefficient (Wildman–Crippen LogP) is 5.64. The Bertz CT molecular complexity index is 883. The van der Waals surface area contributed by atoms with E-state index in [0.717, 1.165) is 39.6 Å². The van der Waals surface area contributed by atoms with E-state index in [1.807, 2.05) is 49.4 Å². The Morgan fingerprint density at radius 3 is 2.46 bits per heavy atom. The van der Waals surface area contributed by atoms with Gasteiger partial charge in [0, 0.05) is 11.7 Å². The van der Waals surface area contributed by atoms with Crippen molar-refractivity contribution in [2.45, 2.75) is 25.5 Å². The molecular formula is C23H25NO3S. The Labute approximate surface area is 170 Å². The minimum atomic E-state index is 0.543. The lowest BCUT2D eigenvalue weighted by molar-refractivity contribution is -0.103. The second-order valence-corrected chi connectivity index (χ2v) is 7.66. The third-order valence-electron chi connectivity index (χ3n) is 4.72. The molecule has 5 heteroatoms. The Hall–Kier alpha value is -2.53. The summed E-state index contributed by atoms with van der Waals surface area (Å²) >= 11 is 1.75. The second-order valence-electron chi connectivity index (χ2n) is 6.66. The van der Waals surface area contributed by atoms with Crippen LogP contribution in [0.15, 0.2) is 59.3 Å². The normalized spacial score (nSPS) is 15.0. The Kier molecular flexibility index (Phi) is 6.93. The number of nitrogens with zero attached hydrogens (tertiary/aromatic N) is 1. The highest BCUT2D eigenvalue weighted by Gasteiger charge is 2.28. The van der Waals surface area contributed by atoms with Crippen molar-refractivity contribution in [3.05, 3.63) is 65.4 Å². The van der Waals surface area contributed by atoms with Gasteiger partial charge >= 0.3 is 0 Å². The van der Waals surface area contributed by atoms with Gasteiger partial charge in [-0.05, 0) is 55.2 Å². The summed E-state index contributed by atoms with van der Waals surface area (Å²) in [5.74, 6) is 2.76. The number of hydrogen-bond donors (Lipinski definition) is 0. The van der Waals surface area contributed by atoms with Crippen LogP contribution in [0.4, 0.5) is 5.69 Å². The van der Waals surface area contributed by atoms with Crippen LogP contribution in [0.5, 0.6) is 5.75 Å². The molecule has 0 aromatic heterocycles. The van der Waals surface area contributed by atoms with Crippen molar-refractivity contribution in [1.29, 1.82) is 0 Å². The van der Waals surface area contributed by atoms with Crippen LogP contribution in [0.1, 0.15) is 30.9 Å². The average Bonchev–Trinajstić information content (AvgIpc) is 3.58. The minimum Gasteiger partial charge on any atom is -0.501 e. The standard InChI is InChI=1S/C23H25NO3S/c1-16(26-2)22(14-25)21-7-5-4-6-18(21)15-28-23(17-8-9-17)24-19-10-12-20(27-3)13-11-19/h4-7,10-14,17H,8-9,15H2,1-3H3/b22-16-,24-23?. The number of allylic oxidation sites excluding steroid dienone is 2. The summed E-state index contributed by atoms with van der Waals surface area (Å²) in [5, 5.41) is 1.15. The Morgan fingerprint density at radius 2 is 1.86 bits per heavy atom. The highest BCUT2D eigenvalue weighted by atomic mass is 32.2. The molecule has 0 N–H and O–H groups in total. The van der Waals surface area contributed by atoms with E-state index in [0.29, 0.717) is 17.3 Å². The number of aldehydes is 1. The molecule has 0 atom stereocenters. The number of carbonyl (C=O) groups excluding carboxylic acids is 1. The maximum Gasteiger partial charge on any atom is 0.154 e. The van der Waals surface area contributed by atoms with Crippen LogP contribution in [0.25, 0.3) is 5.57 Å². The monoisotopic (exact) mass is 395 g/mol. The minimum absolute atomic E-state index is 0.543. The van der Waals surface area contributed by atoms with Gasteiger partial charge in [-0.1, -0.05) is 24.3 Å². The first-order valence-corrected chi connectivity index (χ1v) is 10.3. The molecule has 1 aliphatic rings. The molecule has 0 unspecified atom stereocenters. The highest BCUT2D eigenvalue weighted by Crippen LogP contribution is 2.38. The number of benzene rings is 2. The molecule has 2 aromatic carbocycles. The van der Waals surface area contributed by atoms with Crippen LogP contribution in [-0.4, -0.2) is 25.5 Å². The molecule has 0 radical (unpaired) electrons. The van der Waals surface area contributed by atoms with Crippen LogP contribution in [0.2, 0.25) is 0 Å². The van der Waals surface area contributed by atoms with Gasteiger partial charge in [0.15, 0.2) is 6.29 Å². The number of thioether (sulfide) groups is 1. The van der Waals surface area contributed by atoms with Crippen molar-refractivity contribution >= 4 is 34.4 Å². The molecular weight excluding hydrogens is 370 g/mol. The fourth-order valence-electron chi connectivity index (χ4n) is 2.86. The number of hydrogen-bond acceptors (Lipinski definition) is 5. The van der Waals surface area contributed by atoms with Crippen molar-refractivity contribution in [3.8, 4) is 5.75 Å². The first kappa shape index (κ1) is 20.2. The van der Waals surface area contributed by atoms with Gasteiger partial charge in [0.25, 0.3) is 0 Å². The lowest BCUT2D eigenvalue weighted by Crippen LogP contribution is -2.00. The Morgan fingerprint density at radius 1 is 1.14 bits per heavy atom. The summed E-state index contributed by atoms with van der Waals surface area (Å²) in [5.41, 5.74) is 3.56. The summed E-state index contributed by atoms with van der Waals surface area (Å²) in [4.78, 5) is 16.5. The lowest BCUT2D eigenvalue weighted by atomic mass is 10.0. The summed E-state index contributed by atoms with van der Waals surface area (Å²) in [6, 6.07) is 15.8. The van der Waals surface area contributed by atoms with Gasteiger partial charge in [-0.15, -0.1) is 11.8 Å². The number of aliphatic imine (C=N–C) groups is 1. The third-order valence-corrected chi connectivity index (χ3v) is 5.90. The zero-order valence-corrected chi connectivity index (χ0v) is 17.3. The van der Waals surface area contributed by atoms with E-state index in [-0.39, 0.29) is 0 Å². The molecule has 0 bridgehead atoms. The van der Waals surface area contributed by atoms with Gasteiger partial charge in [0.1, 0.15) is 11.5 Å². The molecule has 0 heterocycles. The summed E-state index contributed by atoms with van der Waals surface area (Å²) < 4.78 is 10.5. The van der Waals surface area contributed by atoms with Crippen LogP contribution in [0, 0.1) is 5.92 Å². The number of carbonyl (C=O) groups is 1. The van der Waals surface area contributed by atoms with Crippen LogP contribution >= 0.6 is 11.8 Å². The van der Waals surface area contributed by atoms with E-state index in [4.69, 9.17) is 14.5 Å². The van der Waals surface area contributed by atoms with Crippen molar-refractivity contribution in [1.82, 2.24) is 0 Å². The number of ether oxygens (including phenoxy) is 2. The maximum atomic E-state index is 11.6. The highest BCUT2D eigenvalue weighted by molar-refractivity contribution is 8.13. The molecule has 2 aromatic rings. The molecule has 3 rings (SSSR count). The molecule has 0 saturated heterocycles. The van der Waals surface area contributed by atoms with E-state index in [1.165, 1.54) is 12.8 Å². The molecule has 1 aliphatic carbocycles. The van der Waals surface area contributed by atoms with Crippen molar-refractivity contribution in [3.63, 3.8) is 0 Å². The van der Waals surface area contributed by atoms with Crippen molar-refractivity contribution in [2.75, 3.05) is 14.2 Å². The zero-order valence-electron chi connectivity index (χ0n) is 16.5. The SMILES string of the molecule is CO/C(C)=C(/C=O)c1ccccc1CSC(=Nc1ccc(OC)cc1)C1CC1.